The molecule has 22 nitrogen and oxygen atoms in total. The summed E-state index contributed by atoms with van der Waals surface area (Å²) in [7, 11) is 1.59. The van der Waals surface area contributed by atoms with E-state index in [0.717, 1.165) is 172 Å². The maximum atomic E-state index is 12.6. The molecule has 6 fully saturated rings. The quantitative estimate of drug-likeness (QED) is 0.0227. The van der Waals surface area contributed by atoms with Gasteiger partial charge in [0.1, 0.15) is 18.8 Å². The van der Waals surface area contributed by atoms with Crippen LogP contribution in [-0.2, 0) is 52.3 Å². The summed E-state index contributed by atoms with van der Waals surface area (Å²) >= 11 is 0. The van der Waals surface area contributed by atoms with Crippen LogP contribution in [0.5, 0.6) is 0 Å². The number of ether oxygens (including phenoxy) is 8. The van der Waals surface area contributed by atoms with Gasteiger partial charge in [-0.15, -0.1) is 0 Å². The molecule has 22 heteroatoms. The first-order valence-corrected chi connectivity index (χ1v) is 31.0. The Morgan fingerprint density at radius 3 is 0.892 bits per heavy atom. The molecule has 6 N–H and O–H groups in total. The number of alkyl carbamates (subject to hydrolysis) is 5. The number of esters is 2. The van der Waals surface area contributed by atoms with Crippen LogP contribution in [0.15, 0.2) is 25.3 Å². The molecule has 0 aliphatic heterocycles. The third-order valence-corrected chi connectivity index (χ3v) is 17.7. The zero-order chi connectivity index (χ0) is 59.9. The molecule has 0 aromatic rings. The van der Waals surface area contributed by atoms with E-state index >= 15 is 0 Å². The molecule has 470 valence electrons. The summed E-state index contributed by atoms with van der Waals surface area (Å²) in [6.07, 6.45) is 27.0. The number of carbonyl (C=O) groups excluding carboxylic acids is 8. The highest BCUT2D eigenvalue weighted by Gasteiger charge is 2.32. The van der Waals surface area contributed by atoms with Crippen molar-refractivity contribution < 1.29 is 76.3 Å². The topological polar surface area (TPSA) is 283 Å². The maximum Gasteiger partial charge on any atom is 0.410 e. The fraction of sp³-hybridized carbons (Fsp3) is 0.803. The van der Waals surface area contributed by atoms with E-state index in [1.54, 1.807) is 21.0 Å². The van der Waals surface area contributed by atoms with Gasteiger partial charge in [-0.1, -0.05) is 13.2 Å². The monoisotopic (exact) mass is 1170 g/mol. The van der Waals surface area contributed by atoms with E-state index in [4.69, 9.17) is 28.4 Å². The minimum atomic E-state index is -0.640. The molecule has 2 atom stereocenters. The number of methoxy groups -OCH3 is 1. The van der Waals surface area contributed by atoms with E-state index in [0.29, 0.717) is 36.3 Å². The molecule has 6 amide bonds. The maximum absolute atomic E-state index is 12.6. The predicted molar refractivity (Wildman–Crippen MR) is 308 cm³/mol. The Balaban J connectivity index is 0.000000389. The summed E-state index contributed by atoms with van der Waals surface area (Å²) in [5, 5.41) is 17.7. The van der Waals surface area contributed by atoms with Crippen molar-refractivity contribution in [3.63, 3.8) is 0 Å². The van der Waals surface area contributed by atoms with Gasteiger partial charge in [0.05, 0.1) is 6.61 Å². The highest BCUT2D eigenvalue weighted by Crippen LogP contribution is 2.38. The molecule has 83 heavy (non-hydrogen) atoms. The van der Waals surface area contributed by atoms with Crippen molar-refractivity contribution in [2.24, 2.45) is 35.5 Å². The van der Waals surface area contributed by atoms with Crippen LogP contribution in [-0.4, -0.2) is 131 Å². The Hall–Kier alpha value is -5.80. The normalized spacial score (nSPS) is 28.6. The van der Waals surface area contributed by atoms with Gasteiger partial charge < -0.3 is 69.8 Å². The first-order valence-electron chi connectivity index (χ1n) is 31.0. The summed E-state index contributed by atoms with van der Waals surface area (Å²) in [6.45, 7) is 11.2. The van der Waals surface area contributed by atoms with Gasteiger partial charge in [-0.05, 0) is 223 Å². The molecule has 6 aliphatic rings. The number of hydrogen-bond acceptors (Lipinski definition) is 16. The van der Waals surface area contributed by atoms with Crippen LogP contribution in [0.4, 0.5) is 24.0 Å². The fourth-order valence-electron chi connectivity index (χ4n) is 13.2. The van der Waals surface area contributed by atoms with Gasteiger partial charge in [0.25, 0.3) is 0 Å². The molecular formula is C61H100N6O16. The standard InChI is InChI=1S/C41H68N4O11.C20H32N2O5/c1-5-37(46)53-26-54-39(48)43-34-16-8-30(9-17-34)23-32-12-20-36(21-13-32)45-41(50)56-28(3)25-52-38(47)42-33-14-6-29(7-15-33)22-31-10-18-35(19-11-31)44-40(49)55-27(2)24-51-4;1-3-19(24)26-13-27-20(25)22-18-10-6-16(7-11-18)12-15-4-8-17(9-5-15)21-14(2)23/h5,27-36H,1,6-26H2,2-4H3,(H,42,47)(H,43,48)(H,44,49)(H,45,50);3,15-18H,1,4-13H2,2H3,(H,21,23)(H,22,25). The lowest BCUT2D eigenvalue weighted by Gasteiger charge is -2.34. The van der Waals surface area contributed by atoms with Crippen LogP contribution >= 0.6 is 0 Å². The van der Waals surface area contributed by atoms with E-state index in [1.807, 2.05) is 6.92 Å². The number of hydrogen-bond donors (Lipinski definition) is 6. The number of nitrogens with one attached hydrogen (secondary N) is 6. The Kier molecular flexibility index (Phi) is 30.7. The van der Waals surface area contributed by atoms with Gasteiger partial charge in [-0.3, -0.25) is 4.79 Å². The van der Waals surface area contributed by atoms with Crippen LogP contribution in [0.25, 0.3) is 0 Å². The average molecular weight is 1170 g/mol. The van der Waals surface area contributed by atoms with Gasteiger partial charge in [0.2, 0.25) is 19.5 Å². The van der Waals surface area contributed by atoms with Crippen molar-refractivity contribution in [1.82, 2.24) is 31.9 Å². The summed E-state index contributed by atoms with van der Waals surface area (Å²) < 4.78 is 40.3. The Morgan fingerprint density at radius 1 is 0.373 bits per heavy atom. The van der Waals surface area contributed by atoms with E-state index in [9.17, 15) is 38.4 Å². The highest BCUT2D eigenvalue weighted by molar-refractivity contribution is 5.81. The molecule has 2 unspecified atom stereocenters. The van der Waals surface area contributed by atoms with Crippen LogP contribution < -0.4 is 31.9 Å². The zero-order valence-electron chi connectivity index (χ0n) is 50.1. The summed E-state index contributed by atoms with van der Waals surface area (Å²) in [6, 6.07) is 0.863. The van der Waals surface area contributed by atoms with Crippen LogP contribution in [0.3, 0.4) is 0 Å². The van der Waals surface area contributed by atoms with E-state index in [-0.39, 0.29) is 54.9 Å². The summed E-state index contributed by atoms with van der Waals surface area (Å²) in [5.41, 5.74) is 0. The Bertz CT molecular complexity index is 2020. The first kappa shape index (κ1) is 68.0. The number of amides is 6. The molecule has 0 bridgehead atoms. The lowest BCUT2D eigenvalue weighted by molar-refractivity contribution is -0.146. The molecule has 6 aliphatic carbocycles. The average Bonchev–Trinajstić information content (AvgIpc) is 3.55. The molecule has 6 saturated carbocycles. The van der Waals surface area contributed by atoms with Gasteiger partial charge >= 0.3 is 42.4 Å². The van der Waals surface area contributed by atoms with Crippen molar-refractivity contribution in [2.75, 3.05) is 33.9 Å². The van der Waals surface area contributed by atoms with Gasteiger partial charge in [-0.25, -0.2) is 33.6 Å². The number of carbonyl (C=O) groups is 8. The molecule has 0 heterocycles. The van der Waals surface area contributed by atoms with Crippen molar-refractivity contribution in [1.29, 1.82) is 0 Å². The second-order valence-corrected chi connectivity index (χ2v) is 24.4. The second kappa shape index (κ2) is 37.5. The third-order valence-electron chi connectivity index (χ3n) is 17.7. The van der Waals surface area contributed by atoms with E-state index < -0.39 is 56.0 Å². The molecule has 0 aromatic heterocycles. The Labute approximate surface area is 492 Å². The van der Waals surface area contributed by atoms with Crippen molar-refractivity contribution in [2.45, 2.75) is 243 Å². The molecule has 0 aromatic carbocycles. The largest absolute Gasteiger partial charge is 0.446 e. The SMILES string of the molecule is C=CC(=O)OCOC(=O)NC1CCC(CC2CCC(NC(=O)OC(C)COC(=O)NC3CCC(CC4CCC(NC(=O)OC(C)COC)CC4)CC3)CC2)CC1.C=CC(=O)OCOC(=O)NC1CCC(CC2CCC(NC(C)=O)CC2)CC1. The minimum absolute atomic E-state index is 0.00706. The zero-order valence-corrected chi connectivity index (χ0v) is 50.1. The number of rotatable bonds is 24. The minimum Gasteiger partial charge on any atom is -0.446 e. The van der Waals surface area contributed by atoms with Crippen LogP contribution in [0.1, 0.15) is 194 Å². The van der Waals surface area contributed by atoms with Crippen LogP contribution in [0, 0.1) is 35.5 Å². The molecule has 6 rings (SSSR count). The smallest absolute Gasteiger partial charge is 0.410 e. The van der Waals surface area contributed by atoms with E-state index in [2.05, 4.69) is 54.5 Å². The third kappa shape index (κ3) is 28.1. The van der Waals surface area contributed by atoms with E-state index in [1.165, 1.54) is 25.7 Å². The van der Waals surface area contributed by atoms with Crippen molar-refractivity contribution >= 4 is 48.3 Å². The highest BCUT2D eigenvalue weighted by atomic mass is 16.7. The second-order valence-electron chi connectivity index (χ2n) is 24.4. The molecule has 0 radical (unpaired) electrons. The predicted octanol–water partition coefficient (Wildman–Crippen LogP) is 10.1. The van der Waals surface area contributed by atoms with Gasteiger partial charge in [-0.2, -0.15) is 0 Å². The molecule has 0 spiro atoms. The Morgan fingerprint density at radius 2 is 0.627 bits per heavy atom. The van der Waals surface area contributed by atoms with Crippen molar-refractivity contribution in [3.05, 3.63) is 25.3 Å². The first-order chi connectivity index (χ1) is 39.9. The summed E-state index contributed by atoms with van der Waals surface area (Å²) in [5.74, 6) is 2.85. The van der Waals surface area contributed by atoms with Gasteiger partial charge in [0, 0.05) is 62.4 Å². The van der Waals surface area contributed by atoms with Crippen molar-refractivity contribution in [3.8, 4) is 0 Å². The van der Waals surface area contributed by atoms with Crippen LogP contribution in [0.2, 0.25) is 0 Å². The van der Waals surface area contributed by atoms with Gasteiger partial charge in [0.15, 0.2) is 0 Å². The molecule has 0 saturated heterocycles. The lowest BCUT2D eigenvalue weighted by atomic mass is 9.75. The fourth-order valence-corrected chi connectivity index (χ4v) is 13.2. The lowest BCUT2D eigenvalue weighted by Crippen LogP contribution is -2.41. The summed E-state index contributed by atoms with van der Waals surface area (Å²) in [4.78, 5) is 94.0. The molecular weight excluding hydrogens is 1070 g/mol.